The van der Waals surface area contributed by atoms with Crippen LogP contribution in [0.15, 0.2) is 78.9 Å². The van der Waals surface area contributed by atoms with E-state index in [0.717, 1.165) is 40.7 Å². The van der Waals surface area contributed by atoms with Gasteiger partial charge in [0.15, 0.2) is 0 Å². The molecule has 1 aliphatic carbocycles. The van der Waals surface area contributed by atoms with Gasteiger partial charge < -0.3 is 39.8 Å². The Kier molecular flexibility index (Phi) is 15.2. The summed E-state index contributed by atoms with van der Waals surface area (Å²) in [7, 11) is 1.63. The van der Waals surface area contributed by atoms with Crippen LogP contribution in [0.1, 0.15) is 67.5 Å². The lowest BCUT2D eigenvalue weighted by atomic mass is 9.88. The van der Waals surface area contributed by atoms with E-state index in [1.165, 1.54) is 0 Å². The second kappa shape index (κ2) is 19.6. The van der Waals surface area contributed by atoms with Crippen molar-refractivity contribution >= 4 is 12.0 Å². The van der Waals surface area contributed by atoms with E-state index < -0.39 is 41.9 Å². The number of aliphatic hydroxyl groups excluding tert-OH is 2. The third-order valence-electron chi connectivity index (χ3n) is 8.72. The quantitative estimate of drug-likeness (QED) is 0.101. The fourth-order valence-corrected chi connectivity index (χ4v) is 6.19. The molecule has 10 nitrogen and oxygen atoms in total. The smallest absolute Gasteiger partial charge is 0.407 e. The number of hydrogen-bond acceptors (Lipinski definition) is 8. The van der Waals surface area contributed by atoms with Gasteiger partial charge in [0.25, 0.3) is 0 Å². The Morgan fingerprint density at radius 1 is 0.860 bits per heavy atom. The number of rotatable bonds is 19. The van der Waals surface area contributed by atoms with E-state index >= 15 is 0 Å². The average Bonchev–Trinajstić information content (AvgIpc) is 3.39. The molecule has 0 heterocycles. The van der Waals surface area contributed by atoms with Crippen LogP contribution in [0.25, 0.3) is 0 Å². The third kappa shape index (κ3) is 12.8. The molecular formula is C40H54N2O8. The number of aryl methyl sites for hydroxylation is 1. The van der Waals surface area contributed by atoms with Gasteiger partial charge in [0.1, 0.15) is 12.4 Å². The summed E-state index contributed by atoms with van der Waals surface area (Å²) in [5, 5.41) is 28.6. The van der Waals surface area contributed by atoms with Gasteiger partial charge in [-0.15, -0.1) is 0 Å². The largest absolute Gasteiger partial charge is 0.444 e. The molecule has 0 saturated heterocycles. The van der Waals surface area contributed by atoms with Crippen LogP contribution in [-0.2, 0) is 49.4 Å². The predicted molar refractivity (Wildman–Crippen MR) is 192 cm³/mol. The van der Waals surface area contributed by atoms with Crippen LogP contribution in [0.4, 0.5) is 4.79 Å². The number of benzene rings is 3. The lowest BCUT2D eigenvalue weighted by Gasteiger charge is -2.30. The summed E-state index contributed by atoms with van der Waals surface area (Å²) in [5.74, 6) is -0.921. The monoisotopic (exact) mass is 690 g/mol. The highest BCUT2D eigenvalue weighted by Gasteiger charge is 2.35. The maximum Gasteiger partial charge on any atom is 0.407 e. The molecule has 272 valence electrons. The van der Waals surface area contributed by atoms with Gasteiger partial charge in [-0.1, -0.05) is 78.9 Å². The molecule has 0 spiro atoms. The summed E-state index contributed by atoms with van der Waals surface area (Å²) in [6.07, 6.45) is 0.459. The molecule has 0 bridgehead atoms. The van der Waals surface area contributed by atoms with Gasteiger partial charge in [-0.2, -0.15) is 0 Å². The van der Waals surface area contributed by atoms with Crippen LogP contribution < -0.4 is 10.6 Å². The summed E-state index contributed by atoms with van der Waals surface area (Å²) in [4.78, 5) is 26.9. The Labute approximate surface area is 296 Å². The molecule has 3 aromatic rings. The van der Waals surface area contributed by atoms with E-state index in [-0.39, 0.29) is 19.1 Å². The van der Waals surface area contributed by atoms with Gasteiger partial charge in [0, 0.05) is 26.1 Å². The van der Waals surface area contributed by atoms with Crippen molar-refractivity contribution in [2.45, 2.75) is 89.2 Å². The molecule has 4 N–H and O–H groups in total. The van der Waals surface area contributed by atoms with Gasteiger partial charge in [0.2, 0.25) is 5.91 Å². The molecular weight excluding hydrogens is 636 g/mol. The molecule has 5 atom stereocenters. The maximum absolute atomic E-state index is 14.1. The molecule has 3 aromatic carbocycles. The van der Waals surface area contributed by atoms with Gasteiger partial charge in [-0.25, -0.2) is 4.79 Å². The molecule has 50 heavy (non-hydrogen) atoms. The number of fused-ring (bicyclic) bond motifs is 1. The summed E-state index contributed by atoms with van der Waals surface area (Å²) < 4.78 is 21.3. The number of alkyl carbamates (subject to hydrolysis) is 1. The van der Waals surface area contributed by atoms with Crippen molar-refractivity contribution in [3.63, 3.8) is 0 Å². The number of aliphatic hydroxyl groups is 2. The fourth-order valence-electron chi connectivity index (χ4n) is 6.19. The van der Waals surface area contributed by atoms with Crippen molar-refractivity contribution in [2.75, 3.05) is 33.7 Å². The van der Waals surface area contributed by atoms with Gasteiger partial charge in [0.05, 0.1) is 37.5 Å². The Bertz CT molecular complexity index is 1460. The minimum absolute atomic E-state index is 0.0785. The van der Waals surface area contributed by atoms with E-state index in [1.807, 2.05) is 66.7 Å². The number of hydrogen-bond donors (Lipinski definition) is 4. The number of nitrogens with one attached hydrogen (secondary N) is 2. The van der Waals surface area contributed by atoms with E-state index in [2.05, 4.69) is 22.8 Å². The standard InChI is InChI=1S/C40H54N2O8/c1-40(2,3)50-39(46)41-34(24-29-11-6-5-7-12-29)35(43)26-32(38(45)42-37-33-15-9-8-14-31(33)25-36(37)44)23-30-18-16-28(17-19-30)13-10-20-48-27-49-22-21-47-4/h5-9,11-12,14-19,32,34-37,43-44H,10,13,20-27H2,1-4H3,(H,41,46)(H,42,45)/t32-,34+,35+,36-,37+/m1/s1. The zero-order chi connectivity index (χ0) is 35.9. The highest BCUT2D eigenvalue weighted by molar-refractivity contribution is 5.80. The molecule has 1 aliphatic rings. The molecule has 0 aromatic heterocycles. The number of ether oxygens (including phenoxy) is 4. The summed E-state index contributed by atoms with van der Waals surface area (Å²) in [6.45, 7) is 7.19. The first-order valence-electron chi connectivity index (χ1n) is 17.5. The average molecular weight is 691 g/mol. The Morgan fingerprint density at radius 2 is 1.52 bits per heavy atom. The lowest BCUT2D eigenvalue weighted by Crippen LogP contribution is -2.48. The number of methoxy groups -OCH3 is 1. The molecule has 0 saturated carbocycles. The predicted octanol–water partition coefficient (Wildman–Crippen LogP) is 5.08. The van der Waals surface area contributed by atoms with E-state index in [0.29, 0.717) is 39.1 Å². The van der Waals surface area contributed by atoms with Crippen LogP contribution in [-0.4, -0.2) is 79.8 Å². The first-order valence-corrected chi connectivity index (χ1v) is 17.5. The molecule has 4 rings (SSSR count). The number of carbonyl (C=O) groups excluding carboxylic acids is 2. The van der Waals surface area contributed by atoms with Gasteiger partial charge in [-0.3, -0.25) is 4.79 Å². The van der Waals surface area contributed by atoms with Crippen molar-refractivity contribution in [3.8, 4) is 0 Å². The Balaban J connectivity index is 1.47. The molecule has 0 radical (unpaired) electrons. The highest BCUT2D eigenvalue weighted by Crippen LogP contribution is 2.32. The lowest BCUT2D eigenvalue weighted by molar-refractivity contribution is -0.127. The number of amides is 2. The minimum atomic E-state index is -1.07. The van der Waals surface area contributed by atoms with Gasteiger partial charge in [-0.05, 0) is 80.7 Å². The normalized spacial score (nSPS) is 17.4. The van der Waals surface area contributed by atoms with E-state index in [1.54, 1.807) is 27.9 Å². The van der Waals surface area contributed by atoms with Crippen LogP contribution in [0.3, 0.4) is 0 Å². The van der Waals surface area contributed by atoms with Gasteiger partial charge >= 0.3 is 6.09 Å². The number of carbonyl (C=O) groups is 2. The van der Waals surface area contributed by atoms with E-state index in [4.69, 9.17) is 18.9 Å². The molecule has 0 fully saturated rings. The van der Waals surface area contributed by atoms with Crippen molar-refractivity contribution in [3.05, 3.63) is 107 Å². The molecule has 10 heteroatoms. The first kappa shape index (κ1) is 39.0. The minimum Gasteiger partial charge on any atom is -0.444 e. The van der Waals surface area contributed by atoms with Crippen molar-refractivity contribution in [1.82, 2.24) is 10.6 Å². The summed E-state index contributed by atoms with van der Waals surface area (Å²) in [6, 6.07) is 24.2. The fraction of sp³-hybridized carbons (Fsp3) is 0.500. The summed E-state index contributed by atoms with van der Waals surface area (Å²) in [5.41, 5.74) is 4.20. The molecule has 2 amide bonds. The Morgan fingerprint density at radius 3 is 2.24 bits per heavy atom. The second-order valence-corrected chi connectivity index (χ2v) is 14.0. The first-order chi connectivity index (χ1) is 24.0. The Hall–Kier alpha value is -3.80. The van der Waals surface area contributed by atoms with Crippen LogP contribution >= 0.6 is 0 Å². The SMILES string of the molecule is COCCOCOCCCc1ccc(C[C@H](C[C@H](O)[C@H](Cc2ccccc2)NC(=O)OC(C)(C)C)C(=O)N[C@H]2c3ccccc3C[C@H]2O)cc1. The zero-order valence-electron chi connectivity index (χ0n) is 29.8. The third-order valence-corrected chi connectivity index (χ3v) is 8.72. The maximum atomic E-state index is 14.1. The van der Waals surface area contributed by atoms with Crippen LogP contribution in [0, 0.1) is 5.92 Å². The molecule has 0 aliphatic heterocycles. The summed E-state index contributed by atoms with van der Waals surface area (Å²) >= 11 is 0. The molecule has 0 unspecified atom stereocenters. The van der Waals surface area contributed by atoms with E-state index in [9.17, 15) is 19.8 Å². The topological polar surface area (TPSA) is 136 Å². The van der Waals surface area contributed by atoms with Crippen molar-refractivity contribution < 1.29 is 38.7 Å². The zero-order valence-corrected chi connectivity index (χ0v) is 29.8. The van der Waals surface area contributed by atoms with Crippen LogP contribution in [0.5, 0.6) is 0 Å². The highest BCUT2D eigenvalue weighted by atomic mass is 16.7. The van der Waals surface area contributed by atoms with Crippen molar-refractivity contribution in [1.29, 1.82) is 0 Å². The van der Waals surface area contributed by atoms with Crippen molar-refractivity contribution in [2.24, 2.45) is 5.92 Å². The second-order valence-electron chi connectivity index (χ2n) is 14.0. The van der Waals surface area contributed by atoms with Crippen LogP contribution in [0.2, 0.25) is 0 Å².